The van der Waals surface area contributed by atoms with Gasteiger partial charge in [0.2, 0.25) is 0 Å². The Morgan fingerprint density at radius 1 is 0.714 bits per heavy atom. The van der Waals surface area contributed by atoms with Crippen LogP contribution in [0.4, 0.5) is 0 Å². The molecule has 0 saturated heterocycles. The van der Waals surface area contributed by atoms with E-state index < -0.39 is 0 Å². The Balaban J connectivity index is 1.62. The second-order valence-electron chi connectivity index (χ2n) is 8.00. The fraction of sp³-hybridized carbons (Fsp3) is 0.200. The third-order valence-corrected chi connectivity index (χ3v) is 5.95. The predicted octanol–water partition coefficient (Wildman–Crippen LogP) is 6.89. The van der Waals surface area contributed by atoms with Crippen molar-refractivity contribution in [3.8, 4) is 11.3 Å². The zero-order chi connectivity index (χ0) is 19.6. The summed E-state index contributed by atoms with van der Waals surface area (Å²) in [6.07, 6.45) is 0. The summed E-state index contributed by atoms with van der Waals surface area (Å²) in [6.45, 7) is 6.73. The van der Waals surface area contributed by atoms with E-state index in [1.54, 1.807) is 11.8 Å². The second-order valence-corrected chi connectivity index (χ2v) is 8.97. The molecule has 4 rings (SSSR count). The molecule has 4 aromatic rings. The number of hydrogen-bond acceptors (Lipinski definition) is 3. The summed E-state index contributed by atoms with van der Waals surface area (Å²) in [4.78, 5) is 0. The Labute approximate surface area is 171 Å². The average Bonchev–Trinajstić information content (AvgIpc) is 2.72. The normalized spacial score (nSPS) is 11.7. The topological polar surface area (TPSA) is 25.8 Å². The van der Waals surface area contributed by atoms with Crippen LogP contribution in [0.15, 0.2) is 83.9 Å². The summed E-state index contributed by atoms with van der Waals surface area (Å²) in [5.74, 6) is 0.883. The minimum absolute atomic E-state index is 0.181. The Morgan fingerprint density at radius 3 is 2.04 bits per heavy atom. The van der Waals surface area contributed by atoms with Gasteiger partial charge in [-0.05, 0) is 16.5 Å². The highest BCUT2D eigenvalue weighted by atomic mass is 32.2. The van der Waals surface area contributed by atoms with Crippen molar-refractivity contribution in [3.05, 3.63) is 90.0 Å². The molecule has 0 amide bonds. The van der Waals surface area contributed by atoms with E-state index in [2.05, 4.69) is 91.6 Å². The van der Waals surface area contributed by atoms with Gasteiger partial charge in [0.15, 0.2) is 0 Å². The van der Waals surface area contributed by atoms with Crippen molar-refractivity contribution in [2.45, 2.75) is 37.0 Å². The van der Waals surface area contributed by atoms with Crippen molar-refractivity contribution in [2.75, 3.05) is 0 Å². The number of hydrogen-bond donors (Lipinski definition) is 0. The molecule has 2 nitrogen and oxygen atoms in total. The van der Waals surface area contributed by atoms with Gasteiger partial charge in [-0.2, -0.15) is 0 Å². The Morgan fingerprint density at radius 2 is 1.36 bits per heavy atom. The monoisotopic (exact) mass is 384 g/mol. The lowest BCUT2D eigenvalue weighted by atomic mass is 9.87. The maximum absolute atomic E-state index is 4.57. The van der Waals surface area contributed by atoms with Gasteiger partial charge < -0.3 is 0 Å². The molecule has 0 saturated carbocycles. The molecule has 0 radical (unpaired) electrons. The summed E-state index contributed by atoms with van der Waals surface area (Å²) in [7, 11) is 0. The molecule has 0 unspecified atom stereocenters. The first-order chi connectivity index (χ1) is 13.5. The number of fused-ring (bicyclic) bond motifs is 1. The summed E-state index contributed by atoms with van der Waals surface area (Å²) in [5, 5.41) is 12.4. The number of thioether (sulfide) groups is 1. The molecule has 3 aromatic carbocycles. The molecule has 3 heteroatoms. The summed E-state index contributed by atoms with van der Waals surface area (Å²) in [6, 6.07) is 27.6. The standard InChI is InChI=1S/C25H24N2S/c1-25(2,3)20-15-13-18(14-16-20)17-28-24-22-12-8-7-11-21(22)23(26-27-24)19-9-5-4-6-10-19/h4-16H,17H2,1-3H3. The SMILES string of the molecule is CC(C)(C)c1ccc(CSc2nnc(-c3ccccc3)c3ccccc23)cc1. The van der Waals surface area contributed by atoms with Gasteiger partial charge in [-0.3, -0.25) is 0 Å². The Kier molecular flexibility index (Phi) is 5.19. The molecule has 0 bridgehead atoms. The van der Waals surface area contributed by atoms with E-state index >= 15 is 0 Å². The molecule has 1 heterocycles. The van der Waals surface area contributed by atoms with Gasteiger partial charge >= 0.3 is 0 Å². The van der Waals surface area contributed by atoms with Gasteiger partial charge in [0, 0.05) is 22.1 Å². The molecule has 28 heavy (non-hydrogen) atoms. The predicted molar refractivity (Wildman–Crippen MR) is 120 cm³/mol. The molecule has 1 aromatic heterocycles. The summed E-state index contributed by atoms with van der Waals surface area (Å²) in [5.41, 5.74) is 4.88. The van der Waals surface area contributed by atoms with Crippen LogP contribution in [0.2, 0.25) is 0 Å². The molecule has 0 aliphatic heterocycles. The van der Waals surface area contributed by atoms with Gasteiger partial charge in [-0.25, -0.2) is 0 Å². The highest BCUT2D eigenvalue weighted by Crippen LogP contribution is 2.33. The van der Waals surface area contributed by atoms with Crippen molar-refractivity contribution >= 4 is 22.5 Å². The van der Waals surface area contributed by atoms with Crippen LogP contribution in [0.5, 0.6) is 0 Å². The van der Waals surface area contributed by atoms with E-state index in [1.807, 2.05) is 18.2 Å². The first kappa shape index (κ1) is 18.7. The fourth-order valence-corrected chi connectivity index (χ4v) is 4.18. The lowest BCUT2D eigenvalue weighted by Gasteiger charge is -2.19. The largest absolute Gasteiger partial charge is 0.149 e. The molecule has 0 spiro atoms. The lowest BCUT2D eigenvalue weighted by molar-refractivity contribution is 0.590. The van der Waals surface area contributed by atoms with Crippen LogP contribution < -0.4 is 0 Å². The van der Waals surface area contributed by atoms with Crippen molar-refractivity contribution in [1.29, 1.82) is 0 Å². The number of aromatic nitrogens is 2. The van der Waals surface area contributed by atoms with Gasteiger partial charge in [0.1, 0.15) is 10.7 Å². The van der Waals surface area contributed by atoms with Crippen molar-refractivity contribution < 1.29 is 0 Å². The smallest absolute Gasteiger partial charge is 0.127 e. The summed E-state index contributed by atoms with van der Waals surface area (Å²) >= 11 is 1.75. The lowest BCUT2D eigenvalue weighted by Crippen LogP contribution is -2.10. The maximum atomic E-state index is 4.57. The van der Waals surface area contributed by atoms with Gasteiger partial charge in [0.25, 0.3) is 0 Å². The van der Waals surface area contributed by atoms with E-state index in [9.17, 15) is 0 Å². The van der Waals surface area contributed by atoms with E-state index in [-0.39, 0.29) is 5.41 Å². The third-order valence-electron chi connectivity index (χ3n) is 4.90. The molecule has 140 valence electrons. The van der Waals surface area contributed by atoms with Crippen molar-refractivity contribution in [1.82, 2.24) is 10.2 Å². The molecule has 0 aliphatic carbocycles. The van der Waals surface area contributed by atoms with Crippen LogP contribution in [0.1, 0.15) is 31.9 Å². The van der Waals surface area contributed by atoms with Gasteiger partial charge in [0.05, 0.1) is 0 Å². The highest BCUT2D eigenvalue weighted by molar-refractivity contribution is 7.98. The van der Waals surface area contributed by atoms with E-state index in [0.29, 0.717) is 0 Å². The molecule has 0 aliphatic rings. The molecule has 0 atom stereocenters. The first-order valence-corrected chi connectivity index (χ1v) is 10.5. The Bertz CT molecular complexity index is 1080. The molecular formula is C25H24N2S. The van der Waals surface area contributed by atoms with Crippen LogP contribution in [0, 0.1) is 0 Å². The van der Waals surface area contributed by atoms with Gasteiger partial charge in [-0.1, -0.05) is 111 Å². The maximum Gasteiger partial charge on any atom is 0.127 e. The fourth-order valence-electron chi connectivity index (χ4n) is 3.25. The van der Waals surface area contributed by atoms with Crippen LogP contribution in [0.3, 0.4) is 0 Å². The summed E-state index contributed by atoms with van der Waals surface area (Å²) < 4.78 is 0. The van der Waals surface area contributed by atoms with E-state index in [0.717, 1.165) is 32.8 Å². The minimum atomic E-state index is 0.181. The number of nitrogens with zero attached hydrogens (tertiary/aromatic N) is 2. The van der Waals surface area contributed by atoms with Crippen LogP contribution in [0.25, 0.3) is 22.0 Å². The van der Waals surface area contributed by atoms with Crippen LogP contribution >= 0.6 is 11.8 Å². The zero-order valence-corrected chi connectivity index (χ0v) is 17.3. The van der Waals surface area contributed by atoms with Crippen LogP contribution in [-0.4, -0.2) is 10.2 Å². The minimum Gasteiger partial charge on any atom is -0.149 e. The van der Waals surface area contributed by atoms with E-state index in [1.165, 1.54) is 11.1 Å². The van der Waals surface area contributed by atoms with E-state index in [4.69, 9.17) is 0 Å². The number of benzene rings is 3. The molecule has 0 N–H and O–H groups in total. The van der Waals surface area contributed by atoms with Gasteiger partial charge in [-0.15, -0.1) is 10.2 Å². The quantitative estimate of drug-likeness (QED) is 0.358. The van der Waals surface area contributed by atoms with Crippen molar-refractivity contribution in [3.63, 3.8) is 0 Å². The van der Waals surface area contributed by atoms with Crippen LogP contribution in [-0.2, 0) is 11.2 Å². The zero-order valence-electron chi connectivity index (χ0n) is 16.5. The number of rotatable bonds is 4. The molecule has 0 fully saturated rings. The average molecular weight is 385 g/mol. The second kappa shape index (κ2) is 7.76. The van der Waals surface area contributed by atoms with Crippen molar-refractivity contribution in [2.24, 2.45) is 0 Å². The highest BCUT2D eigenvalue weighted by Gasteiger charge is 2.14. The third kappa shape index (κ3) is 3.95. The first-order valence-electron chi connectivity index (χ1n) is 9.55. The molecular weight excluding hydrogens is 360 g/mol. The Hall–Kier alpha value is -2.65.